The second-order valence-corrected chi connectivity index (χ2v) is 4.51. The van der Waals surface area contributed by atoms with E-state index < -0.39 is 0 Å². The minimum Gasteiger partial charge on any atom is -0.296 e. The molecule has 0 bridgehead atoms. The normalized spacial score (nSPS) is 18.3. The summed E-state index contributed by atoms with van der Waals surface area (Å²) in [7, 11) is 1.71. The van der Waals surface area contributed by atoms with Crippen LogP contribution in [0.5, 0.6) is 0 Å². The molecule has 19 heavy (non-hydrogen) atoms. The monoisotopic (exact) mass is 259 g/mol. The van der Waals surface area contributed by atoms with Crippen molar-refractivity contribution >= 4 is 11.7 Å². The highest BCUT2D eigenvalue weighted by Gasteiger charge is 2.34. The molecule has 2 heterocycles. The van der Waals surface area contributed by atoms with Gasteiger partial charge in [0.2, 0.25) is 5.91 Å². The summed E-state index contributed by atoms with van der Waals surface area (Å²) < 4.78 is 1.54. The van der Waals surface area contributed by atoms with Crippen LogP contribution in [-0.4, -0.2) is 28.8 Å². The van der Waals surface area contributed by atoms with Gasteiger partial charge in [0.05, 0.1) is 5.69 Å². The zero-order valence-corrected chi connectivity index (χ0v) is 10.7. The molecule has 1 aromatic rings. The Bertz CT molecular complexity index is 605. The van der Waals surface area contributed by atoms with Crippen LogP contribution in [0.3, 0.4) is 0 Å². The molecule has 0 saturated carbocycles. The molecule has 1 aromatic heterocycles. The van der Waals surface area contributed by atoms with Gasteiger partial charge in [0.15, 0.2) is 5.82 Å². The van der Waals surface area contributed by atoms with Crippen molar-refractivity contribution in [3.05, 3.63) is 21.7 Å². The fraction of sp³-hybridized carbons (Fsp3) is 0.545. The van der Waals surface area contributed by atoms with Crippen LogP contribution in [0, 0.1) is 24.2 Å². The highest BCUT2D eigenvalue weighted by Crippen LogP contribution is 2.29. The zero-order valence-electron chi connectivity index (χ0n) is 10.7. The average molecular weight is 259 g/mol. The number of carbonyl (C=O) groups excluding carboxylic acids is 1. The number of hydrogen-bond donors (Lipinski definition) is 0. The Labute approximate surface area is 109 Å². The first kappa shape index (κ1) is 12.9. The Kier molecular flexibility index (Phi) is 3.40. The van der Waals surface area contributed by atoms with Crippen LogP contribution in [0.1, 0.15) is 17.7 Å². The number of nitrogens with zero attached hydrogens (tertiary/aromatic N) is 7. The number of rotatable bonds is 3. The number of anilines is 1. The van der Waals surface area contributed by atoms with Crippen LogP contribution in [0.15, 0.2) is 5.11 Å². The first-order valence-electron chi connectivity index (χ1n) is 5.83. The fourth-order valence-corrected chi connectivity index (χ4v) is 2.35. The molecule has 0 spiro atoms. The van der Waals surface area contributed by atoms with Gasteiger partial charge in [-0.15, -0.1) is 0 Å². The lowest BCUT2D eigenvalue weighted by Crippen LogP contribution is -2.27. The molecular weight excluding hydrogens is 246 g/mol. The first-order chi connectivity index (χ1) is 9.08. The Morgan fingerprint density at radius 1 is 1.68 bits per heavy atom. The summed E-state index contributed by atoms with van der Waals surface area (Å²) in [4.78, 5) is 16.3. The smallest absolute Gasteiger partial charge is 0.228 e. The maximum Gasteiger partial charge on any atom is 0.228 e. The van der Waals surface area contributed by atoms with Gasteiger partial charge in [-0.1, -0.05) is 5.11 Å². The van der Waals surface area contributed by atoms with E-state index >= 15 is 0 Å². The second kappa shape index (κ2) is 5.00. The molecule has 1 saturated heterocycles. The molecular formula is C11H13N7O. The third-order valence-corrected chi connectivity index (χ3v) is 3.17. The maximum absolute atomic E-state index is 12.0. The third kappa shape index (κ3) is 2.23. The number of nitriles is 1. The number of carbonyl (C=O) groups is 1. The van der Waals surface area contributed by atoms with Crippen LogP contribution in [-0.2, 0) is 11.8 Å². The van der Waals surface area contributed by atoms with Gasteiger partial charge in [-0.2, -0.15) is 10.4 Å². The Morgan fingerprint density at radius 2 is 2.42 bits per heavy atom. The molecule has 1 aliphatic heterocycles. The molecule has 98 valence electrons. The number of azide groups is 1. The molecule has 1 unspecified atom stereocenters. The van der Waals surface area contributed by atoms with E-state index in [9.17, 15) is 4.79 Å². The molecule has 8 nitrogen and oxygen atoms in total. The van der Waals surface area contributed by atoms with Gasteiger partial charge in [-0.05, 0) is 18.4 Å². The molecule has 0 aromatic carbocycles. The maximum atomic E-state index is 12.0. The van der Waals surface area contributed by atoms with Gasteiger partial charge in [0.25, 0.3) is 0 Å². The average Bonchev–Trinajstić information content (AvgIpc) is 2.86. The molecule has 8 heteroatoms. The molecule has 1 atom stereocenters. The standard InChI is InChI=1S/C11H13N7O/c1-7-9(4-12)11(17(2)15-7)18-6-8(3-10(18)19)5-14-16-13/h8H,3,5-6H2,1-2H3. The van der Waals surface area contributed by atoms with Crippen molar-refractivity contribution in [2.75, 3.05) is 18.0 Å². The van der Waals surface area contributed by atoms with Gasteiger partial charge in [-0.25, -0.2) is 0 Å². The zero-order chi connectivity index (χ0) is 14.0. The van der Waals surface area contributed by atoms with Crippen molar-refractivity contribution in [1.82, 2.24) is 9.78 Å². The number of aryl methyl sites for hydroxylation is 2. The second-order valence-electron chi connectivity index (χ2n) is 4.51. The van der Waals surface area contributed by atoms with Crippen molar-refractivity contribution in [3.8, 4) is 6.07 Å². The summed E-state index contributed by atoms with van der Waals surface area (Å²) in [5.74, 6) is 0.441. The van der Waals surface area contributed by atoms with E-state index in [1.54, 1.807) is 23.6 Å². The molecule has 0 aliphatic carbocycles. The lowest BCUT2D eigenvalue weighted by atomic mass is 10.1. The largest absolute Gasteiger partial charge is 0.296 e. The third-order valence-electron chi connectivity index (χ3n) is 3.17. The topological polar surface area (TPSA) is 111 Å². The lowest BCUT2D eigenvalue weighted by Gasteiger charge is -2.16. The molecule has 2 rings (SSSR count). The van der Waals surface area contributed by atoms with E-state index in [4.69, 9.17) is 10.8 Å². The van der Waals surface area contributed by atoms with Crippen molar-refractivity contribution < 1.29 is 4.79 Å². The number of hydrogen-bond acceptors (Lipinski definition) is 4. The molecule has 0 radical (unpaired) electrons. The van der Waals surface area contributed by atoms with E-state index in [0.29, 0.717) is 30.0 Å². The van der Waals surface area contributed by atoms with E-state index in [0.717, 1.165) is 0 Å². The summed E-state index contributed by atoms with van der Waals surface area (Å²) in [6, 6.07) is 2.08. The Balaban J connectivity index is 2.31. The van der Waals surface area contributed by atoms with E-state index in [1.807, 2.05) is 0 Å². The molecule has 1 aliphatic rings. The summed E-state index contributed by atoms with van der Waals surface area (Å²) in [5, 5.41) is 16.8. The highest BCUT2D eigenvalue weighted by atomic mass is 16.2. The van der Waals surface area contributed by atoms with Crippen LogP contribution in [0.4, 0.5) is 5.82 Å². The van der Waals surface area contributed by atoms with E-state index in [2.05, 4.69) is 21.2 Å². The predicted molar refractivity (Wildman–Crippen MR) is 67.1 cm³/mol. The van der Waals surface area contributed by atoms with Crippen LogP contribution >= 0.6 is 0 Å². The first-order valence-corrected chi connectivity index (χ1v) is 5.83. The summed E-state index contributed by atoms with van der Waals surface area (Å²) in [5.41, 5.74) is 9.33. The van der Waals surface area contributed by atoms with E-state index in [1.165, 1.54) is 0 Å². The van der Waals surface area contributed by atoms with Crippen molar-refractivity contribution in [1.29, 1.82) is 5.26 Å². The van der Waals surface area contributed by atoms with Gasteiger partial charge < -0.3 is 0 Å². The Morgan fingerprint density at radius 3 is 3.05 bits per heavy atom. The van der Waals surface area contributed by atoms with Crippen molar-refractivity contribution in [2.24, 2.45) is 18.1 Å². The van der Waals surface area contributed by atoms with E-state index in [-0.39, 0.29) is 18.4 Å². The minimum atomic E-state index is -0.0716. The summed E-state index contributed by atoms with van der Waals surface area (Å²) in [6.07, 6.45) is 0.327. The minimum absolute atomic E-state index is 0.00912. The number of amides is 1. The fourth-order valence-electron chi connectivity index (χ4n) is 2.35. The molecule has 0 N–H and O–H groups in total. The van der Waals surface area contributed by atoms with Gasteiger partial charge in [-0.3, -0.25) is 14.4 Å². The lowest BCUT2D eigenvalue weighted by molar-refractivity contribution is -0.117. The predicted octanol–water partition coefficient (Wildman–Crippen LogP) is 1.26. The highest BCUT2D eigenvalue weighted by molar-refractivity contribution is 5.96. The Hall–Kier alpha value is -2.52. The van der Waals surface area contributed by atoms with Crippen LogP contribution < -0.4 is 4.90 Å². The van der Waals surface area contributed by atoms with Gasteiger partial charge in [0.1, 0.15) is 11.6 Å². The van der Waals surface area contributed by atoms with Crippen LogP contribution in [0.2, 0.25) is 0 Å². The number of aromatic nitrogens is 2. The summed E-state index contributed by atoms with van der Waals surface area (Å²) >= 11 is 0. The van der Waals surface area contributed by atoms with Gasteiger partial charge in [0, 0.05) is 31.5 Å². The van der Waals surface area contributed by atoms with Crippen LogP contribution in [0.25, 0.3) is 10.4 Å². The molecule has 1 fully saturated rings. The molecule has 1 amide bonds. The quantitative estimate of drug-likeness (QED) is 0.462. The van der Waals surface area contributed by atoms with Crippen molar-refractivity contribution in [2.45, 2.75) is 13.3 Å². The van der Waals surface area contributed by atoms with Crippen molar-refractivity contribution in [3.63, 3.8) is 0 Å². The summed E-state index contributed by atoms with van der Waals surface area (Å²) in [6.45, 7) is 2.48. The van der Waals surface area contributed by atoms with Gasteiger partial charge >= 0.3 is 0 Å². The SMILES string of the molecule is Cc1nn(C)c(N2CC(CN=[N+]=[N-])CC2=O)c1C#N.